The zero-order valence-electron chi connectivity index (χ0n) is 12.8. The average Bonchev–Trinajstić information content (AvgIpc) is 2.30. The Hall–Kier alpha value is -0.670. The van der Waals surface area contributed by atoms with Gasteiger partial charge in [-0.15, -0.1) is 0 Å². The van der Waals surface area contributed by atoms with E-state index in [1.807, 2.05) is 0 Å². The molecule has 0 saturated heterocycles. The van der Waals surface area contributed by atoms with Gasteiger partial charge >= 0.3 is 0 Å². The van der Waals surface area contributed by atoms with Gasteiger partial charge in [0.1, 0.15) is 0 Å². The Balaban J connectivity index is 2.87. The summed E-state index contributed by atoms with van der Waals surface area (Å²) in [5.74, 6) is 1.98. The second-order valence-electron chi connectivity index (χ2n) is 5.64. The molecule has 0 heterocycles. The van der Waals surface area contributed by atoms with Crippen LogP contribution in [0.3, 0.4) is 0 Å². The molecule has 0 aliphatic rings. The van der Waals surface area contributed by atoms with E-state index in [-0.39, 0.29) is 6.04 Å². The van der Waals surface area contributed by atoms with Crippen molar-refractivity contribution in [2.24, 2.45) is 5.92 Å². The minimum atomic E-state index is -0.760. The second-order valence-corrected chi connectivity index (χ2v) is 7.18. The van der Waals surface area contributed by atoms with Crippen molar-refractivity contribution in [1.82, 2.24) is 5.32 Å². The Morgan fingerprint density at radius 1 is 1.21 bits per heavy atom. The molecule has 2 atom stereocenters. The number of rotatable bonds is 7. The molecule has 3 heteroatoms. The summed E-state index contributed by atoms with van der Waals surface area (Å²) in [6.07, 6.45) is 0. The van der Waals surface area contributed by atoms with E-state index in [9.17, 15) is 4.21 Å². The van der Waals surface area contributed by atoms with Gasteiger partial charge in [0.05, 0.1) is 0 Å². The molecular formula is C16H27NOS. The van der Waals surface area contributed by atoms with Crippen molar-refractivity contribution in [2.45, 2.75) is 40.7 Å². The Kier molecular flexibility index (Phi) is 6.73. The highest BCUT2D eigenvalue weighted by Crippen LogP contribution is 2.20. The quantitative estimate of drug-likeness (QED) is 0.830. The Bertz CT molecular complexity index is 429. The predicted octanol–water partition coefficient (Wildman–Crippen LogP) is 3.36. The van der Waals surface area contributed by atoms with Gasteiger partial charge in [-0.3, -0.25) is 4.21 Å². The van der Waals surface area contributed by atoms with Crippen molar-refractivity contribution >= 4 is 10.8 Å². The normalized spacial score (nSPS) is 14.6. The molecule has 2 nitrogen and oxygen atoms in total. The van der Waals surface area contributed by atoms with E-state index in [0.29, 0.717) is 11.7 Å². The van der Waals surface area contributed by atoms with Crippen molar-refractivity contribution < 1.29 is 4.21 Å². The van der Waals surface area contributed by atoms with Crippen molar-refractivity contribution in [3.8, 4) is 0 Å². The third-order valence-electron chi connectivity index (χ3n) is 3.13. The lowest BCUT2D eigenvalue weighted by molar-refractivity contribution is 0.588. The van der Waals surface area contributed by atoms with Crippen LogP contribution in [0.4, 0.5) is 0 Å². The highest BCUT2D eigenvalue weighted by atomic mass is 32.2. The minimum absolute atomic E-state index is 0.199. The monoisotopic (exact) mass is 281 g/mol. The number of aryl methyl sites for hydroxylation is 2. The zero-order valence-corrected chi connectivity index (χ0v) is 13.6. The highest BCUT2D eigenvalue weighted by molar-refractivity contribution is 7.85. The molecular weight excluding hydrogens is 254 g/mol. The molecule has 108 valence electrons. The lowest BCUT2D eigenvalue weighted by Gasteiger charge is -2.21. The first-order chi connectivity index (χ1) is 8.93. The van der Waals surface area contributed by atoms with E-state index < -0.39 is 10.8 Å². The summed E-state index contributed by atoms with van der Waals surface area (Å²) < 4.78 is 12.2. The first-order valence-electron chi connectivity index (χ1n) is 7.09. The minimum Gasteiger partial charge on any atom is -0.309 e. The third-order valence-corrected chi connectivity index (χ3v) is 4.88. The fraction of sp³-hybridized carbons (Fsp3) is 0.625. The number of benzene rings is 1. The van der Waals surface area contributed by atoms with Crippen LogP contribution in [0.2, 0.25) is 0 Å². The van der Waals surface area contributed by atoms with Gasteiger partial charge in [-0.05, 0) is 37.4 Å². The van der Waals surface area contributed by atoms with Crippen LogP contribution in [0.15, 0.2) is 18.2 Å². The summed E-state index contributed by atoms with van der Waals surface area (Å²) >= 11 is 0. The number of nitrogens with one attached hydrogen (secondary N) is 1. The Morgan fingerprint density at radius 2 is 1.89 bits per heavy atom. The summed E-state index contributed by atoms with van der Waals surface area (Å²) in [6.45, 7) is 11.5. The van der Waals surface area contributed by atoms with Crippen LogP contribution in [0.5, 0.6) is 0 Å². The molecule has 0 fully saturated rings. The smallest absolute Gasteiger partial charge is 0.0439 e. The van der Waals surface area contributed by atoms with Crippen LogP contribution in [-0.2, 0) is 10.8 Å². The van der Waals surface area contributed by atoms with Crippen molar-refractivity contribution in [2.75, 3.05) is 18.1 Å². The molecule has 0 aromatic heterocycles. The van der Waals surface area contributed by atoms with E-state index >= 15 is 0 Å². The van der Waals surface area contributed by atoms with E-state index in [1.165, 1.54) is 16.7 Å². The zero-order chi connectivity index (χ0) is 14.4. The topological polar surface area (TPSA) is 29.1 Å². The van der Waals surface area contributed by atoms with Crippen LogP contribution in [0.25, 0.3) is 0 Å². The molecule has 0 saturated carbocycles. The molecule has 19 heavy (non-hydrogen) atoms. The highest BCUT2D eigenvalue weighted by Gasteiger charge is 2.16. The van der Waals surface area contributed by atoms with E-state index in [0.717, 1.165) is 12.3 Å². The SMILES string of the molecule is CCNC(CS(=O)CC(C)C)c1cc(C)ccc1C. The maximum Gasteiger partial charge on any atom is 0.0439 e. The van der Waals surface area contributed by atoms with Gasteiger partial charge < -0.3 is 5.32 Å². The molecule has 0 aliphatic carbocycles. The Morgan fingerprint density at radius 3 is 2.47 bits per heavy atom. The second kappa shape index (κ2) is 7.81. The first kappa shape index (κ1) is 16.4. The fourth-order valence-corrected chi connectivity index (χ4v) is 3.81. The van der Waals surface area contributed by atoms with Crippen LogP contribution in [0, 0.1) is 19.8 Å². The fourth-order valence-electron chi connectivity index (χ4n) is 2.27. The maximum atomic E-state index is 12.2. The van der Waals surface area contributed by atoms with Gasteiger partial charge in [0.2, 0.25) is 0 Å². The van der Waals surface area contributed by atoms with Crippen molar-refractivity contribution in [3.05, 3.63) is 34.9 Å². The third kappa shape index (κ3) is 5.45. The molecule has 0 aliphatic heterocycles. The van der Waals surface area contributed by atoms with Crippen molar-refractivity contribution in [3.63, 3.8) is 0 Å². The van der Waals surface area contributed by atoms with E-state index in [2.05, 4.69) is 58.1 Å². The number of hydrogen-bond donors (Lipinski definition) is 1. The lowest BCUT2D eigenvalue weighted by atomic mass is 10.00. The van der Waals surface area contributed by atoms with Gasteiger partial charge in [0, 0.05) is 28.3 Å². The lowest BCUT2D eigenvalue weighted by Crippen LogP contribution is -2.28. The number of hydrogen-bond acceptors (Lipinski definition) is 2. The summed E-state index contributed by atoms with van der Waals surface area (Å²) in [7, 11) is -0.760. The predicted molar refractivity (Wildman–Crippen MR) is 85.0 cm³/mol. The molecule has 1 aromatic carbocycles. The van der Waals surface area contributed by atoms with E-state index in [1.54, 1.807) is 0 Å². The summed E-state index contributed by atoms with van der Waals surface area (Å²) in [6, 6.07) is 6.70. The molecule has 1 rings (SSSR count). The van der Waals surface area contributed by atoms with Crippen LogP contribution >= 0.6 is 0 Å². The van der Waals surface area contributed by atoms with Crippen molar-refractivity contribution in [1.29, 1.82) is 0 Å². The summed E-state index contributed by atoms with van der Waals surface area (Å²) in [5.41, 5.74) is 3.83. The summed E-state index contributed by atoms with van der Waals surface area (Å²) in [5, 5.41) is 3.48. The Labute approximate surface area is 120 Å². The van der Waals surface area contributed by atoms with Crippen LogP contribution < -0.4 is 5.32 Å². The average molecular weight is 281 g/mol. The maximum absolute atomic E-state index is 12.2. The molecule has 0 bridgehead atoms. The van der Waals surface area contributed by atoms with Gasteiger partial charge in [-0.25, -0.2) is 0 Å². The molecule has 2 unspecified atom stereocenters. The van der Waals surface area contributed by atoms with Crippen LogP contribution in [0.1, 0.15) is 43.5 Å². The van der Waals surface area contributed by atoms with Gasteiger partial charge in [-0.2, -0.15) is 0 Å². The van der Waals surface area contributed by atoms with E-state index in [4.69, 9.17) is 0 Å². The first-order valence-corrected chi connectivity index (χ1v) is 8.58. The standard InChI is InChI=1S/C16H27NOS/c1-6-17-16(11-19(18)10-12(2)3)15-9-13(4)7-8-14(15)5/h7-9,12,16-17H,6,10-11H2,1-5H3. The van der Waals surface area contributed by atoms with Gasteiger partial charge in [-0.1, -0.05) is 44.5 Å². The van der Waals surface area contributed by atoms with Gasteiger partial charge in [0.25, 0.3) is 0 Å². The van der Waals surface area contributed by atoms with Gasteiger partial charge in [0.15, 0.2) is 0 Å². The molecule has 0 spiro atoms. The molecule has 1 aromatic rings. The largest absolute Gasteiger partial charge is 0.309 e. The molecule has 0 radical (unpaired) electrons. The molecule has 0 amide bonds. The van der Waals surface area contributed by atoms with Crippen LogP contribution in [-0.4, -0.2) is 22.3 Å². The summed E-state index contributed by atoms with van der Waals surface area (Å²) in [4.78, 5) is 0. The molecule has 1 N–H and O–H groups in total.